The number of benzene rings is 1. The zero-order valence-corrected chi connectivity index (χ0v) is 8.18. The Balaban J connectivity index is 2.11. The molecule has 1 heterocycles. The fourth-order valence-corrected chi connectivity index (χ4v) is 1.35. The van der Waals surface area contributed by atoms with Crippen molar-refractivity contribution in [1.82, 2.24) is 4.98 Å². The third-order valence-corrected chi connectivity index (χ3v) is 2.10. The molecule has 78 valence electrons. The maximum atomic E-state index is 9.11. The minimum Gasteiger partial charge on any atom is -0.508 e. The molecule has 0 aliphatic carbocycles. The van der Waals surface area contributed by atoms with Crippen LogP contribution in [0.3, 0.4) is 0 Å². The van der Waals surface area contributed by atoms with Gasteiger partial charge in [0.1, 0.15) is 12.0 Å². The largest absolute Gasteiger partial charge is 0.508 e. The van der Waals surface area contributed by atoms with Crippen molar-refractivity contribution in [3.05, 3.63) is 47.7 Å². The van der Waals surface area contributed by atoms with E-state index < -0.39 is 0 Å². The van der Waals surface area contributed by atoms with Gasteiger partial charge in [-0.3, -0.25) is 0 Å². The second-order valence-electron chi connectivity index (χ2n) is 3.28. The van der Waals surface area contributed by atoms with Crippen LogP contribution in [0.5, 0.6) is 5.75 Å². The Morgan fingerprint density at radius 1 is 1.27 bits per heavy atom. The fraction of sp³-hybridized carbons (Fsp3) is 0.182. The maximum Gasteiger partial charge on any atom is 0.207 e. The van der Waals surface area contributed by atoms with E-state index in [1.165, 1.54) is 0 Å². The molecule has 3 N–H and O–H groups in total. The summed E-state index contributed by atoms with van der Waals surface area (Å²) < 4.78 is 5.12. The molecule has 0 atom stereocenters. The number of nitrogens with two attached hydrogens (primary N) is 1. The van der Waals surface area contributed by atoms with Crippen molar-refractivity contribution >= 4 is 0 Å². The Kier molecular flexibility index (Phi) is 2.69. The van der Waals surface area contributed by atoms with Crippen molar-refractivity contribution in [1.29, 1.82) is 0 Å². The number of nitrogens with zero attached hydrogens (tertiary/aromatic N) is 1. The number of aromatic hydroxyl groups is 1. The fourth-order valence-electron chi connectivity index (χ4n) is 1.35. The van der Waals surface area contributed by atoms with Gasteiger partial charge in [0, 0.05) is 6.42 Å². The number of hydrogen-bond acceptors (Lipinski definition) is 4. The molecule has 0 spiro atoms. The summed E-state index contributed by atoms with van der Waals surface area (Å²) in [4.78, 5) is 4.19. The zero-order chi connectivity index (χ0) is 10.7. The van der Waals surface area contributed by atoms with Gasteiger partial charge in [-0.2, -0.15) is 0 Å². The van der Waals surface area contributed by atoms with E-state index in [0.29, 0.717) is 18.9 Å². The number of oxazole rings is 1. The van der Waals surface area contributed by atoms with Gasteiger partial charge in [0.05, 0.1) is 12.2 Å². The van der Waals surface area contributed by atoms with Gasteiger partial charge in [0.2, 0.25) is 5.89 Å². The highest BCUT2D eigenvalue weighted by molar-refractivity contribution is 5.28. The Bertz CT molecular complexity index is 434. The zero-order valence-electron chi connectivity index (χ0n) is 8.18. The average molecular weight is 204 g/mol. The van der Waals surface area contributed by atoms with E-state index >= 15 is 0 Å². The number of aromatic nitrogens is 1. The SMILES string of the molecule is NCc1nc(Cc2ccc(O)cc2)co1. The first-order valence-corrected chi connectivity index (χ1v) is 4.69. The number of phenolic OH excluding ortho intramolecular Hbond substituents is 1. The molecular weight excluding hydrogens is 192 g/mol. The number of rotatable bonds is 3. The van der Waals surface area contributed by atoms with Crippen molar-refractivity contribution in [3.63, 3.8) is 0 Å². The Morgan fingerprint density at radius 3 is 2.60 bits per heavy atom. The summed E-state index contributed by atoms with van der Waals surface area (Å²) >= 11 is 0. The second-order valence-corrected chi connectivity index (χ2v) is 3.28. The van der Waals surface area contributed by atoms with Crippen molar-refractivity contribution in [3.8, 4) is 5.75 Å². The minimum atomic E-state index is 0.265. The third kappa shape index (κ3) is 2.35. The lowest BCUT2D eigenvalue weighted by Crippen LogP contribution is -1.96. The molecule has 0 amide bonds. The minimum absolute atomic E-state index is 0.265. The normalized spacial score (nSPS) is 10.5. The van der Waals surface area contributed by atoms with Crippen molar-refractivity contribution in [2.24, 2.45) is 5.73 Å². The molecule has 1 aromatic carbocycles. The molecule has 0 aliphatic rings. The van der Waals surface area contributed by atoms with Gasteiger partial charge in [-0.1, -0.05) is 12.1 Å². The molecule has 4 heteroatoms. The summed E-state index contributed by atoms with van der Waals surface area (Å²) in [7, 11) is 0. The topological polar surface area (TPSA) is 72.3 Å². The molecule has 0 fully saturated rings. The van der Waals surface area contributed by atoms with Gasteiger partial charge in [-0.25, -0.2) is 4.98 Å². The lowest BCUT2D eigenvalue weighted by atomic mass is 10.1. The highest BCUT2D eigenvalue weighted by Gasteiger charge is 2.03. The van der Waals surface area contributed by atoms with Crippen LogP contribution < -0.4 is 5.73 Å². The molecule has 0 aliphatic heterocycles. The highest BCUT2D eigenvalue weighted by Crippen LogP contribution is 2.13. The van der Waals surface area contributed by atoms with E-state index in [0.717, 1.165) is 11.3 Å². The van der Waals surface area contributed by atoms with E-state index in [1.807, 2.05) is 12.1 Å². The van der Waals surface area contributed by atoms with E-state index in [4.69, 9.17) is 15.3 Å². The summed E-state index contributed by atoms with van der Waals surface area (Å²) in [6, 6.07) is 7.01. The van der Waals surface area contributed by atoms with Crippen LogP contribution in [0.25, 0.3) is 0 Å². The number of hydrogen-bond donors (Lipinski definition) is 2. The van der Waals surface area contributed by atoms with Gasteiger partial charge in [0.15, 0.2) is 0 Å². The Hall–Kier alpha value is -1.81. The van der Waals surface area contributed by atoms with E-state index in [-0.39, 0.29) is 5.75 Å². The standard InChI is InChI=1S/C11H12N2O2/c12-6-11-13-9(7-15-11)5-8-1-3-10(14)4-2-8/h1-4,7,14H,5-6,12H2. The van der Waals surface area contributed by atoms with Crippen LogP contribution in [0.4, 0.5) is 0 Å². The quantitative estimate of drug-likeness (QED) is 0.793. The first kappa shape index (κ1) is 9.73. The van der Waals surface area contributed by atoms with Crippen molar-refractivity contribution in [2.45, 2.75) is 13.0 Å². The third-order valence-electron chi connectivity index (χ3n) is 2.10. The lowest BCUT2D eigenvalue weighted by molar-refractivity contribution is 0.475. The predicted molar refractivity (Wildman–Crippen MR) is 55.3 cm³/mol. The van der Waals surface area contributed by atoms with E-state index in [2.05, 4.69) is 4.98 Å². The summed E-state index contributed by atoms with van der Waals surface area (Å²) in [6.07, 6.45) is 2.29. The monoisotopic (exact) mass is 204 g/mol. The van der Waals surface area contributed by atoms with Crippen molar-refractivity contribution in [2.75, 3.05) is 0 Å². The molecule has 0 saturated carbocycles. The van der Waals surface area contributed by atoms with Crippen LogP contribution in [0, 0.1) is 0 Å². The molecule has 2 aromatic rings. The van der Waals surface area contributed by atoms with Crippen LogP contribution in [-0.4, -0.2) is 10.1 Å². The summed E-state index contributed by atoms with van der Waals surface area (Å²) in [5.41, 5.74) is 7.31. The molecule has 0 bridgehead atoms. The summed E-state index contributed by atoms with van der Waals surface area (Å²) in [5, 5.41) is 9.11. The van der Waals surface area contributed by atoms with Crippen LogP contribution in [0.1, 0.15) is 17.1 Å². The second kappa shape index (κ2) is 4.14. The molecule has 2 rings (SSSR count). The highest BCUT2D eigenvalue weighted by atomic mass is 16.3. The van der Waals surface area contributed by atoms with Gasteiger partial charge in [0.25, 0.3) is 0 Å². The Morgan fingerprint density at radius 2 is 2.00 bits per heavy atom. The van der Waals surface area contributed by atoms with Gasteiger partial charge >= 0.3 is 0 Å². The van der Waals surface area contributed by atoms with Crippen LogP contribution in [0.2, 0.25) is 0 Å². The molecule has 4 nitrogen and oxygen atoms in total. The molecule has 0 radical (unpaired) electrons. The van der Waals surface area contributed by atoms with E-state index in [1.54, 1.807) is 18.4 Å². The van der Waals surface area contributed by atoms with Gasteiger partial charge in [-0.15, -0.1) is 0 Å². The van der Waals surface area contributed by atoms with Gasteiger partial charge < -0.3 is 15.3 Å². The first-order chi connectivity index (χ1) is 7.28. The Labute approximate surface area is 87.4 Å². The maximum absolute atomic E-state index is 9.11. The molecule has 0 saturated heterocycles. The molecular formula is C11H12N2O2. The van der Waals surface area contributed by atoms with E-state index in [9.17, 15) is 0 Å². The number of phenols is 1. The summed E-state index contributed by atoms with van der Waals surface area (Å²) in [6.45, 7) is 0.315. The first-order valence-electron chi connectivity index (χ1n) is 4.69. The average Bonchev–Trinajstić information content (AvgIpc) is 2.69. The van der Waals surface area contributed by atoms with Crippen LogP contribution in [-0.2, 0) is 13.0 Å². The molecule has 1 aromatic heterocycles. The molecule has 15 heavy (non-hydrogen) atoms. The predicted octanol–water partition coefficient (Wildman–Crippen LogP) is 1.43. The van der Waals surface area contributed by atoms with Crippen LogP contribution in [0.15, 0.2) is 34.9 Å². The smallest absolute Gasteiger partial charge is 0.207 e. The van der Waals surface area contributed by atoms with Crippen molar-refractivity contribution < 1.29 is 9.52 Å². The lowest BCUT2D eigenvalue weighted by Gasteiger charge is -1.97. The molecule has 0 unspecified atom stereocenters. The van der Waals surface area contributed by atoms with Gasteiger partial charge in [-0.05, 0) is 17.7 Å². The summed E-state index contributed by atoms with van der Waals surface area (Å²) in [5.74, 6) is 0.810. The van der Waals surface area contributed by atoms with Crippen LogP contribution >= 0.6 is 0 Å².